The van der Waals surface area contributed by atoms with Crippen molar-refractivity contribution in [3.8, 4) is 0 Å². The molecule has 196 valence electrons. The Balaban J connectivity index is 1.34. The van der Waals surface area contributed by atoms with Crippen molar-refractivity contribution in [3.05, 3.63) is 82.4 Å². The fourth-order valence-electron chi connectivity index (χ4n) is 4.94. The number of anilines is 1. The van der Waals surface area contributed by atoms with E-state index in [0.29, 0.717) is 41.2 Å². The number of pyridine rings is 1. The van der Waals surface area contributed by atoms with Gasteiger partial charge in [0.1, 0.15) is 5.82 Å². The van der Waals surface area contributed by atoms with E-state index >= 15 is 0 Å². The fourth-order valence-corrected chi connectivity index (χ4v) is 5.83. The van der Waals surface area contributed by atoms with Crippen molar-refractivity contribution in [1.29, 1.82) is 0 Å². The molecular formula is C28H29N5O4S. The molecule has 38 heavy (non-hydrogen) atoms. The summed E-state index contributed by atoms with van der Waals surface area (Å²) < 4.78 is 25.7. The quantitative estimate of drug-likeness (QED) is 0.401. The Labute approximate surface area is 221 Å². The Hall–Kier alpha value is -3.92. The second kappa shape index (κ2) is 9.43. The molecule has 0 bridgehead atoms. The molecule has 0 fully saturated rings. The van der Waals surface area contributed by atoms with E-state index in [4.69, 9.17) is 0 Å². The molecule has 1 aliphatic rings. The molecule has 9 nitrogen and oxygen atoms in total. The lowest BCUT2D eigenvalue weighted by Gasteiger charge is -2.33. The summed E-state index contributed by atoms with van der Waals surface area (Å²) in [5.74, 6) is 0.102. The van der Waals surface area contributed by atoms with E-state index < -0.39 is 15.3 Å². The number of Topliss-reactive ketones (excluding diaryl/α,β-unsaturated/α-hetero) is 1. The van der Waals surface area contributed by atoms with Gasteiger partial charge < -0.3 is 5.32 Å². The Kier molecular flexibility index (Phi) is 6.38. The maximum Gasteiger partial charge on any atom is 0.229 e. The number of aromatic nitrogens is 4. The topological polar surface area (TPSA) is 123 Å². The molecule has 1 aromatic carbocycles. The summed E-state index contributed by atoms with van der Waals surface area (Å²) in [6.45, 7) is 7.26. The summed E-state index contributed by atoms with van der Waals surface area (Å²) in [4.78, 5) is 35.7. The maximum absolute atomic E-state index is 13.8. The summed E-state index contributed by atoms with van der Waals surface area (Å²) in [5.41, 5.74) is 4.16. The smallest absolute Gasteiger partial charge is 0.229 e. The van der Waals surface area contributed by atoms with Gasteiger partial charge in [0.25, 0.3) is 0 Å². The molecule has 1 amide bonds. The van der Waals surface area contributed by atoms with Gasteiger partial charge in [-0.05, 0) is 75.1 Å². The van der Waals surface area contributed by atoms with Gasteiger partial charge >= 0.3 is 0 Å². The molecular weight excluding hydrogens is 502 g/mol. The van der Waals surface area contributed by atoms with Gasteiger partial charge in [0, 0.05) is 5.56 Å². The number of hydrogen-bond donors (Lipinski definition) is 1. The summed E-state index contributed by atoms with van der Waals surface area (Å²) in [6.07, 6.45) is 3.02. The first-order valence-corrected chi connectivity index (χ1v) is 14.2. The first-order chi connectivity index (χ1) is 18.0. The van der Waals surface area contributed by atoms with E-state index in [-0.39, 0.29) is 28.8 Å². The van der Waals surface area contributed by atoms with Gasteiger partial charge in [-0.3, -0.25) is 9.59 Å². The van der Waals surface area contributed by atoms with E-state index in [9.17, 15) is 18.0 Å². The normalized spacial score (nSPS) is 17.4. The minimum absolute atomic E-state index is 0.0217. The third-order valence-electron chi connectivity index (χ3n) is 7.18. The molecule has 0 aliphatic heterocycles. The van der Waals surface area contributed by atoms with Crippen molar-refractivity contribution in [3.63, 3.8) is 0 Å². The standard InChI is InChI=1S/C28H29N5O4S/c1-5-38(36,37)20-8-6-19(7-9-20)15-25(34)31-23-14-17(2)26-21(30-23)12-13-28(4,27(26)35)22-10-11-24-29-18(3)16-33(24)32-22/h6-11,14,16H,5,12-13,15H2,1-4H3,(H,30,31,34). The number of nitrogens with one attached hydrogen (secondary N) is 1. The van der Waals surface area contributed by atoms with E-state index in [2.05, 4.69) is 20.4 Å². The fraction of sp³-hybridized carbons (Fsp3) is 0.321. The highest BCUT2D eigenvalue weighted by atomic mass is 32.2. The predicted octanol–water partition coefficient (Wildman–Crippen LogP) is 3.80. The molecule has 5 rings (SSSR count). The second-order valence-electron chi connectivity index (χ2n) is 9.98. The molecule has 10 heteroatoms. The number of carbonyl (C=O) groups is 2. The summed E-state index contributed by atoms with van der Waals surface area (Å²) in [5, 5.41) is 7.51. The van der Waals surface area contributed by atoms with Crippen LogP contribution in [0.25, 0.3) is 5.65 Å². The Morgan fingerprint density at radius 1 is 1.11 bits per heavy atom. The van der Waals surface area contributed by atoms with Gasteiger partial charge in [-0.2, -0.15) is 5.10 Å². The maximum atomic E-state index is 13.8. The SMILES string of the molecule is CCS(=O)(=O)c1ccc(CC(=O)Nc2cc(C)c3c(n2)CCC(C)(c2ccc4nc(C)cn4n2)C3=O)cc1. The van der Waals surface area contributed by atoms with Gasteiger partial charge in [-0.15, -0.1) is 0 Å². The third-order valence-corrected chi connectivity index (χ3v) is 8.93. The molecule has 0 saturated heterocycles. The van der Waals surface area contributed by atoms with Crippen molar-refractivity contribution in [2.24, 2.45) is 0 Å². The molecule has 0 spiro atoms. The van der Waals surface area contributed by atoms with Crippen molar-refractivity contribution in [2.75, 3.05) is 11.1 Å². The van der Waals surface area contributed by atoms with Crippen LogP contribution in [-0.4, -0.2) is 45.4 Å². The summed E-state index contributed by atoms with van der Waals surface area (Å²) in [6, 6.07) is 11.8. The number of benzene rings is 1. The van der Waals surface area contributed by atoms with Crippen molar-refractivity contribution >= 4 is 33.0 Å². The molecule has 0 saturated carbocycles. The predicted molar refractivity (Wildman–Crippen MR) is 143 cm³/mol. The van der Waals surface area contributed by atoms with E-state index in [1.807, 2.05) is 39.1 Å². The number of ketones is 1. The number of aryl methyl sites for hydroxylation is 3. The summed E-state index contributed by atoms with van der Waals surface area (Å²) >= 11 is 0. The average Bonchev–Trinajstić information content (AvgIpc) is 3.25. The zero-order valence-electron chi connectivity index (χ0n) is 21.8. The first-order valence-electron chi connectivity index (χ1n) is 12.5. The van der Waals surface area contributed by atoms with E-state index in [1.54, 1.807) is 29.6 Å². The number of fused-ring (bicyclic) bond motifs is 2. The highest BCUT2D eigenvalue weighted by molar-refractivity contribution is 7.91. The van der Waals surface area contributed by atoms with Crippen LogP contribution >= 0.6 is 0 Å². The highest BCUT2D eigenvalue weighted by Gasteiger charge is 2.43. The highest BCUT2D eigenvalue weighted by Crippen LogP contribution is 2.38. The molecule has 3 heterocycles. The number of imidazole rings is 1. The van der Waals surface area contributed by atoms with Gasteiger partial charge in [-0.1, -0.05) is 19.1 Å². The van der Waals surface area contributed by atoms with Crippen molar-refractivity contribution < 1.29 is 18.0 Å². The van der Waals surface area contributed by atoms with Crippen molar-refractivity contribution in [2.45, 2.75) is 57.3 Å². The lowest BCUT2D eigenvalue weighted by Crippen LogP contribution is -2.39. The molecule has 3 aromatic heterocycles. The molecule has 1 aliphatic carbocycles. The monoisotopic (exact) mass is 531 g/mol. The second-order valence-corrected chi connectivity index (χ2v) is 12.3. The van der Waals surface area contributed by atoms with Crippen LogP contribution < -0.4 is 5.32 Å². The van der Waals surface area contributed by atoms with E-state index in [0.717, 1.165) is 16.9 Å². The van der Waals surface area contributed by atoms with Crippen LogP contribution in [0.15, 0.2) is 53.6 Å². The Morgan fingerprint density at radius 2 is 1.84 bits per heavy atom. The molecule has 1 unspecified atom stereocenters. The number of nitrogens with zero attached hydrogens (tertiary/aromatic N) is 4. The number of hydrogen-bond acceptors (Lipinski definition) is 7. The van der Waals surface area contributed by atoms with Gasteiger partial charge in [-0.25, -0.2) is 22.9 Å². The van der Waals surface area contributed by atoms with Crippen LogP contribution in [0.5, 0.6) is 0 Å². The molecule has 0 radical (unpaired) electrons. The third kappa shape index (κ3) is 4.60. The summed E-state index contributed by atoms with van der Waals surface area (Å²) in [7, 11) is -3.29. The molecule has 1 N–H and O–H groups in total. The zero-order chi connectivity index (χ0) is 27.2. The van der Waals surface area contributed by atoms with Crippen LogP contribution in [0.4, 0.5) is 5.82 Å². The van der Waals surface area contributed by atoms with Crippen LogP contribution in [0.3, 0.4) is 0 Å². The van der Waals surface area contributed by atoms with Crippen LogP contribution in [0.1, 0.15) is 58.8 Å². The Morgan fingerprint density at radius 3 is 2.55 bits per heavy atom. The van der Waals surface area contributed by atoms with Crippen molar-refractivity contribution in [1.82, 2.24) is 19.6 Å². The minimum Gasteiger partial charge on any atom is -0.310 e. The minimum atomic E-state index is -3.29. The number of amides is 1. The van der Waals surface area contributed by atoms with Crippen LogP contribution in [-0.2, 0) is 32.9 Å². The first kappa shape index (κ1) is 25.7. The molecule has 4 aromatic rings. The lowest BCUT2D eigenvalue weighted by molar-refractivity contribution is -0.115. The van der Waals surface area contributed by atoms with Gasteiger partial charge in [0.15, 0.2) is 21.3 Å². The molecule has 1 atom stereocenters. The van der Waals surface area contributed by atoms with E-state index in [1.165, 1.54) is 12.1 Å². The Bertz CT molecular complexity index is 1690. The lowest BCUT2D eigenvalue weighted by atomic mass is 9.70. The van der Waals surface area contributed by atoms with Crippen LogP contribution in [0, 0.1) is 13.8 Å². The zero-order valence-corrected chi connectivity index (χ0v) is 22.6. The number of carbonyl (C=O) groups excluding carboxylic acids is 2. The number of rotatable bonds is 6. The average molecular weight is 532 g/mol. The number of sulfone groups is 1. The van der Waals surface area contributed by atoms with Crippen LogP contribution in [0.2, 0.25) is 0 Å². The van der Waals surface area contributed by atoms with Gasteiger partial charge in [0.2, 0.25) is 5.91 Å². The van der Waals surface area contributed by atoms with Gasteiger partial charge in [0.05, 0.1) is 45.8 Å². The largest absolute Gasteiger partial charge is 0.310 e.